The van der Waals surface area contributed by atoms with Crippen molar-refractivity contribution in [3.8, 4) is 22.8 Å². The highest BCUT2D eigenvalue weighted by molar-refractivity contribution is 5.72. The SMILES string of the molecule is COc1ccc(-c2nnc(N)c(C)c2C)c(OC)c1. The maximum atomic E-state index is 5.76. The van der Waals surface area contributed by atoms with E-state index in [0.717, 1.165) is 28.1 Å². The van der Waals surface area contributed by atoms with Gasteiger partial charge in [-0.15, -0.1) is 10.2 Å². The molecule has 0 aliphatic heterocycles. The van der Waals surface area contributed by atoms with E-state index in [-0.39, 0.29) is 0 Å². The fourth-order valence-electron chi connectivity index (χ4n) is 1.87. The van der Waals surface area contributed by atoms with Crippen LogP contribution in [0.2, 0.25) is 0 Å². The Bertz CT molecular complexity index is 612. The number of nitrogens with zero attached hydrogens (tertiary/aromatic N) is 2. The molecule has 1 aromatic heterocycles. The molecule has 1 aromatic carbocycles. The molecule has 2 N–H and O–H groups in total. The lowest BCUT2D eigenvalue weighted by molar-refractivity contribution is 0.395. The zero-order valence-electron chi connectivity index (χ0n) is 11.5. The molecule has 5 nitrogen and oxygen atoms in total. The monoisotopic (exact) mass is 259 g/mol. The highest BCUT2D eigenvalue weighted by Gasteiger charge is 2.14. The fourth-order valence-corrected chi connectivity index (χ4v) is 1.87. The maximum Gasteiger partial charge on any atom is 0.149 e. The zero-order valence-corrected chi connectivity index (χ0v) is 11.5. The van der Waals surface area contributed by atoms with Gasteiger partial charge in [0.05, 0.1) is 19.9 Å². The molecule has 0 radical (unpaired) electrons. The van der Waals surface area contributed by atoms with Gasteiger partial charge in [-0.3, -0.25) is 0 Å². The number of nitrogen functional groups attached to an aromatic ring is 1. The first-order chi connectivity index (χ1) is 9.08. The maximum absolute atomic E-state index is 5.76. The van der Waals surface area contributed by atoms with E-state index in [1.807, 2.05) is 32.0 Å². The van der Waals surface area contributed by atoms with Crippen molar-refractivity contribution < 1.29 is 9.47 Å². The Morgan fingerprint density at radius 2 is 1.74 bits per heavy atom. The van der Waals surface area contributed by atoms with Gasteiger partial charge < -0.3 is 15.2 Å². The average Bonchev–Trinajstić information content (AvgIpc) is 2.44. The second-order valence-corrected chi connectivity index (χ2v) is 4.25. The van der Waals surface area contributed by atoms with Gasteiger partial charge in [0.1, 0.15) is 17.3 Å². The lowest BCUT2D eigenvalue weighted by Crippen LogP contribution is -2.03. The summed E-state index contributed by atoms with van der Waals surface area (Å²) in [5, 5.41) is 8.15. The van der Waals surface area contributed by atoms with Crippen LogP contribution in [0.5, 0.6) is 11.5 Å². The number of methoxy groups -OCH3 is 2. The van der Waals surface area contributed by atoms with Crippen molar-refractivity contribution in [2.24, 2.45) is 0 Å². The molecule has 0 aliphatic rings. The van der Waals surface area contributed by atoms with Crippen molar-refractivity contribution >= 4 is 5.82 Å². The van der Waals surface area contributed by atoms with E-state index < -0.39 is 0 Å². The minimum absolute atomic E-state index is 0.453. The number of ether oxygens (including phenoxy) is 2. The molecule has 0 unspecified atom stereocenters. The van der Waals surface area contributed by atoms with Crippen LogP contribution in [0.3, 0.4) is 0 Å². The normalized spacial score (nSPS) is 10.3. The van der Waals surface area contributed by atoms with Crippen molar-refractivity contribution in [1.29, 1.82) is 0 Å². The summed E-state index contributed by atoms with van der Waals surface area (Å²) in [5.41, 5.74) is 9.33. The molecule has 0 atom stereocenters. The highest BCUT2D eigenvalue weighted by atomic mass is 16.5. The third-order valence-corrected chi connectivity index (χ3v) is 3.22. The standard InChI is InChI=1S/C14H17N3O2/c1-8-9(2)14(15)17-16-13(8)11-6-5-10(18-3)7-12(11)19-4/h5-7H,1-4H3,(H2,15,17). The number of hydrogen-bond donors (Lipinski definition) is 1. The molecular formula is C14H17N3O2. The largest absolute Gasteiger partial charge is 0.497 e. The minimum atomic E-state index is 0.453. The molecule has 5 heteroatoms. The van der Waals surface area contributed by atoms with Crippen LogP contribution in [0.25, 0.3) is 11.3 Å². The fraction of sp³-hybridized carbons (Fsp3) is 0.286. The zero-order chi connectivity index (χ0) is 14.0. The first-order valence-electron chi connectivity index (χ1n) is 5.90. The number of anilines is 1. The summed E-state index contributed by atoms with van der Waals surface area (Å²) in [4.78, 5) is 0. The van der Waals surface area contributed by atoms with Crippen LogP contribution in [0.15, 0.2) is 18.2 Å². The lowest BCUT2D eigenvalue weighted by atomic mass is 10.0. The van der Waals surface area contributed by atoms with Gasteiger partial charge in [0, 0.05) is 11.6 Å². The summed E-state index contributed by atoms with van der Waals surface area (Å²) >= 11 is 0. The number of rotatable bonds is 3. The number of aromatic nitrogens is 2. The first-order valence-corrected chi connectivity index (χ1v) is 5.90. The molecule has 0 fully saturated rings. The number of hydrogen-bond acceptors (Lipinski definition) is 5. The molecule has 2 aromatic rings. The molecule has 0 bridgehead atoms. The number of benzene rings is 1. The Balaban J connectivity index is 2.62. The van der Waals surface area contributed by atoms with Crippen molar-refractivity contribution in [3.63, 3.8) is 0 Å². The molecule has 0 aliphatic carbocycles. The van der Waals surface area contributed by atoms with Crippen LogP contribution in [0, 0.1) is 13.8 Å². The molecular weight excluding hydrogens is 242 g/mol. The smallest absolute Gasteiger partial charge is 0.149 e. The molecule has 0 saturated carbocycles. The molecule has 0 saturated heterocycles. The topological polar surface area (TPSA) is 70.3 Å². The Morgan fingerprint density at radius 1 is 1.00 bits per heavy atom. The molecule has 0 spiro atoms. The quantitative estimate of drug-likeness (QED) is 0.916. The predicted octanol–water partition coefficient (Wildman–Crippen LogP) is 2.36. The summed E-state index contributed by atoms with van der Waals surface area (Å²) in [6.45, 7) is 3.90. The van der Waals surface area contributed by atoms with Crippen LogP contribution < -0.4 is 15.2 Å². The lowest BCUT2D eigenvalue weighted by Gasteiger charge is -2.13. The summed E-state index contributed by atoms with van der Waals surface area (Å²) < 4.78 is 10.6. The van der Waals surface area contributed by atoms with E-state index >= 15 is 0 Å². The van der Waals surface area contributed by atoms with Crippen LogP contribution in [0.1, 0.15) is 11.1 Å². The van der Waals surface area contributed by atoms with Gasteiger partial charge in [-0.25, -0.2) is 0 Å². The van der Waals surface area contributed by atoms with Gasteiger partial charge in [0.2, 0.25) is 0 Å². The van der Waals surface area contributed by atoms with Gasteiger partial charge in [0.25, 0.3) is 0 Å². The Kier molecular flexibility index (Phi) is 3.55. The average molecular weight is 259 g/mol. The molecule has 0 amide bonds. The van der Waals surface area contributed by atoms with E-state index in [1.54, 1.807) is 14.2 Å². The molecule has 1 heterocycles. The molecule has 19 heavy (non-hydrogen) atoms. The van der Waals surface area contributed by atoms with Crippen LogP contribution in [0.4, 0.5) is 5.82 Å². The van der Waals surface area contributed by atoms with Crippen LogP contribution in [-0.4, -0.2) is 24.4 Å². The van der Waals surface area contributed by atoms with Crippen molar-refractivity contribution in [1.82, 2.24) is 10.2 Å². The van der Waals surface area contributed by atoms with Crippen LogP contribution in [-0.2, 0) is 0 Å². The third-order valence-electron chi connectivity index (χ3n) is 3.22. The summed E-state index contributed by atoms with van der Waals surface area (Å²) in [6.07, 6.45) is 0. The summed E-state index contributed by atoms with van der Waals surface area (Å²) in [6, 6.07) is 5.59. The third kappa shape index (κ3) is 2.31. The second kappa shape index (κ2) is 5.14. The van der Waals surface area contributed by atoms with Crippen LogP contribution >= 0.6 is 0 Å². The minimum Gasteiger partial charge on any atom is -0.497 e. The van der Waals surface area contributed by atoms with Gasteiger partial charge in [-0.1, -0.05) is 0 Å². The van der Waals surface area contributed by atoms with E-state index in [0.29, 0.717) is 11.6 Å². The number of nitrogens with two attached hydrogens (primary N) is 1. The van der Waals surface area contributed by atoms with E-state index in [2.05, 4.69) is 10.2 Å². The van der Waals surface area contributed by atoms with Gasteiger partial charge in [-0.2, -0.15) is 0 Å². The molecule has 100 valence electrons. The Morgan fingerprint density at radius 3 is 2.37 bits per heavy atom. The summed E-state index contributed by atoms with van der Waals surface area (Å²) in [7, 11) is 3.23. The van der Waals surface area contributed by atoms with E-state index in [4.69, 9.17) is 15.2 Å². The van der Waals surface area contributed by atoms with Crippen molar-refractivity contribution in [3.05, 3.63) is 29.3 Å². The van der Waals surface area contributed by atoms with Gasteiger partial charge in [-0.05, 0) is 37.1 Å². The molecule has 2 rings (SSSR count). The van der Waals surface area contributed by atoms with Gasteiger partial charge in [0.15, 0.2) is 0 Å². The first kappa shape index (κ1) is 13.1. The van der Waals surface area contributed by atoms with E-state index in [1.165, 1.54) is 0 Å². The second-order valence-electron chi connectivity index (χ2n) is 4.25. The summed E-state index contributed by atoms with van der Waals surface area (Å²) in [5.74, 6) is 1.88. The predicted molar refractivity (Wildman–Crippen MR) is 74.5 cm³/mol. The highest BCUT2D eigenvalue weighted by Crippen LogP contribution is 2.34. The van der Waals surface area contributed by atoms with E-state index in [9.17, 15) is 0 Å². The van der Waals surface area contributed by atoms with Gasteiger partial charge >= 0.3 is 0 Å². The Hall–Kier alpha value is -2.30. The van der Waals surface area contributed by atoms with Crippen molar-refractivity contribution in [2.75, 3.05) is 20.0 Å². The Labute approximate surface area is 112 Å². The van der Waals surface area contributed by atoms with Crippen molar-refractivity contribution in [2.45, 2.75) is 13.8 Å².